The topological polar surface area (TPSA) is 83.5 Å². The summed E-state index contributed by atoms with van der Waals surface area (Å²) >= 11 is 3.62. The quantitative estimate of drug-likeness (QED) is 0.0448. The van der Waals surface area contributed by atoms with Crippen LogP contribution in [0.4, 0.5) is 0 Å². The number of benzene rings is 3. The van der Waals surface area contributed by atoms with Gasteiger partial charge in [-0.2, -0.15) is 0 Å². The molecule has 4 rings (SSSR count). The lowest BCUT2D eigenvalue weighted by molar-refractivity contribution is -0.0116. The molecular formula is C44H58O7S2Si. The first-order chi connectivity index (χ1) is 25.8. The van der Waals surface area contributed by atoms with Crippen LogP contribution in [-0.4, -0.2) is 74.0 Å². The summed E-state index contributed by atoms with van der Waals surface area (Å²) < 4.78 is 30.1. The summed E-state index contributed by atoms with van der Waals surface area (Å²) in [4.78, 5) is 13.1. The van der Waals surface area contributed by atoms with E-state index in [1.165, 1.54) is 0 Å². The number of carbonyl (C=O) groups excluding carboxylic acids is 1. The van der Waals surface area contributed by atoms with E-state index in [1.54, 1.807) is 7.11 Å². The van der Waals surface area contributed by atoms with E-state index in [-0.39, 0.29) is 19.4 Å². The van der Waals surface area contributed by atoms with E-state index in [4.69, 9.17) is 23.1 Å². The maximum absolute atomic E-state index is 13.1. The molecule has 0 bridgehead atoms. The normalized spacial score (nSPS) is 16.0. The van der Waals surface area contributed by atoms with Crippen LogP contribution < -0.4 is 10.4 Å². The Morgan fingerprint density at radius 1 is 0.926 bits per heavy atom. The molecule has 7 nitrogen and oxygen atoms in total. The Morgan fingerprint density at radius 2 is 1.52 bits per heavy atom. The fraction of sp³-hybridized carbons (Fsp3) is 0.432. The third-order valence-electron chi connectivity index (χ3n) is 9.00. The standard InChI is InChI=1S/C44H58O7S2Si/c1-33-29-35(3)41(36(4)30-33)42(46)48-31-39(49-32-47-8)34(2)24-25-44(52-27-18-28-53-44)40(45)23-16-11-17-26-50-54(51-43(5,6)7,37-19-12-9-13-20-37)38-21-14-10-15-22-38/h9-17,19-23,29-30,40,45H,18,24-28,31-32H2,1-8H3/b17-11+,23-16-,39-34-. The zero-order valence-corrected chi connectivity index (χ0v) is 35.8. The Kier molecular flexibility index (Phi) is 16.7. The summed E-state index contributed by atoms with van der Waals surface area (Å²) in [6.45, 7) is 14.5. The molecule has 10 heteroatoms. The predicted molar refractivity (Wildman–Crippen MR) is 227 cm³/mol. The van der Waals surface area contributed by atoms with Crippen molar-refractivity contribution >= 4 is 48.4 Å². The molecule has 0 radical (unpaired) electrons. The second kappa shape index (κ2) is 20.7. The van der Waals surface area contributed by atoms with Crippen molar-refractivity contribution in [1.29, 1.82) is 0 Å². The summed E-state index contributed by atoms with van der Waals surface area (Å²) in [5.41, 5.74) is 3.99. The number of hydrogen-bond donors (Lipinski definition) is 1. The Bertz CT molecular complexity index is 1670. The van der Waals surface area contributed by atoms with Crippen LogP contribution in [0.5, 0.6) is 0 Å². The average molecular weight is 791 g/mol. The van der Waals surface area contributed by atoms with Gasteiger partial charge < -0.3 is 28.2 Å². The van der Waals surface area contributed by atoms with Gasteiger partial charge in [0.1, 0.15) is 12.4 Å². The van der Waals surface area contributed by atoms with Crippen molar-refractivity contribution in [2.75, 3.05) is 38.6 Å². The molecule has 292 valence electrons. The first kappa shape index (κ1) is 43.6. The highest BCUT2D eigenvalue weighted by Gasteiger charge is 2.45. The number of allylic oxidation sites excluding steroid dienone is 3. The van der Waals surface area contributed by atoms with Gasteiger partial charge in [-0.25, -0.2) is 4.79 Å². The lowest BCUT2D eigenvalue weighted by Gasteiger charge is -2.39. The van der Waals surface area contributed by atoms with Crippen molar-refractivity contribution in [3.05, 3.63) is 131 Å². The zero-order chi connectivity index (χ0) is 39.2. The number of aliphatic hydroxyl groups excluding tert-OH is 1. The largest absolute Gasteiger partial charge is 0.468 e. The minimum absolute atomic E-state index is 0.00285. The molecule has 54 heavy (non-hydrogen) atoms. The number of aliphatic hydroxyl groups is 1. The lowest BCUT2D eigenvalue weighted by atomic mass is 10.00. The van der Waals surface area contributed by atoms with Crippen molar-refractivity contribution in [2.24, 2.45) is 0 Å². The molecule has 0 saturated carbocycles. The average Bonchev–Trinajstić information content (AvgIpc) is 3.15. The van der Waals surface area contributed by atoms with Crippen molar-refractivity contribution in [1.82, 2.24) is 0 Å². The van der Waals surface area contributed by atoms with Crippen LogP contribution in [0.1, 0.15) is 74.0 Å². The van der Waals surface area contributed by atoms with Crippen LogP contribution in [0.3, 0.4) is 0 Å². The highest BCUT2D eigenvalue weighted by atomic mass is 32.2. The van der Waals surface area contributed by atoms with Gasteiger partial charge in [0.05, 0.1) is 28.0 Å². The Balaban J connectivity index is 1.45. The summed E-state index contributed by atoms with van der Waals surface area (Å²) in [6, 6.07) is 24.5. The van der Waals surface area contributed by atoms with Gasteiger partial charge in [-0.05, 0) is 106 Å². The summed E-state index contributed by atoms with van der Waals surface area (Å²) in [6.07, 6.45) is 9.48. The maximum Gasteiger partial charge on any atom is 0.407 e. The molecule has 3 aromatic carbocycles. The van der Waals surface area contributed by atoms with E-state index >= 15 is 0 Å². The molecule has 1 N–H and O–H groups in total. The van der Waals surface area contributed by atoms with E-state index in [1.807, 2.05) is 124 Å². The number of carbonyl (C=O) groups is 1. The third-order valence-corrected chi connectivity index (χ3v) is 16.2. The molecule has 0 aliphatic carbocycles. The summed E-state index contributed by atoms with van der Waals surface area (Å²) in [7, 11) is -1.50. The molecule has 1 heterocycles. The molecule has 1 aliphatic heterocycles. The van der Waals surface area contributed by atoms with Gasteiger partial charge in [0.2, 0.25) is 0 Å². The fourth-order valence-electron chi connectivity index (χ4n) is 6.52. The van der Waals surface area contributed by atoms with E-state index in [0.29, 0.717) is 30.8 Å². The smallest absolute Gasteiger partial charge is 0.407 e. The Morgan fingerprint density at radius 3 is 2.07 bits per heavy atom. The molecule has 1 atom stereocenters. The van der Waals surface area contributed by atoms with Crippen LogP contribution in [0.25, 0.3) is 0 Å². The lowest BCUT2D eigenvalue weighted by Crippen LogP contribution is -2.65. The first-order valence-electron chi connectivity index (χ1n) is 18.6. The number of hydrogen-bond acceptors (Lipinski definition) is 9. The number of aryl methyl sites for hydroxylation is 3. The summed E-state index contributed by atoms with van der Waals surface area (Å²) in [5.74, 6) is 2.15. The molecule has 1 saturated heterocycles. The van der Waals surface area contributed by atoms with Gasteiger partial charge in [0.15, 0.2) is 6.79 Å². The van der Waals surface area contributed by atoms with Crippen LogP contribution >= 0.6 is 23.5 Å². The molecule has 1 unspecified atom stereocenters. The Hall–Kier alpha value is -3.09. The number of methoxy groups -OCH3 is 1. The SMILES string of the molecule is COCO/C(COC(=O)c1c(C)cc(C)cc1C)=C(/C)CCC1(C(O)/C=C\C=C\CO[Si](OC(C)(C)C)(c2ccccc2)c2ccccc2)SCCCS1. The van der Waals surface area contributed by atoms with Gasteiger partial charge in [0, 0.05) is 7.11 Å². The summed E-state index contributed by atoms with van der Waals surface area (Å²) in [5, 5.41) is 13.8. The number of rotatable bonds is 18. The molecule has 3 aromatic rings. The predicted octanol–water partition coefficient (Wildman–Crippen LogP) is 8.57. The van der Waals surface area contributed by atoms with Gasteiger partial charge in [-0.1, -0.05) is 103 Å². The van der Waals surface area contributed by atoms with Crippen molar-refractivity contribution in [3.63, 3.8) is 0 Å². The molecule has 0 amide bonds. The molecule has 0 spiro atoms. The molecular weight excluding hydrogens is 733 g/mol. The zero-order valence-electron chi connectivity index (χ0n) is 33.2. The van der Waals surface area contributed by atoms with E-state index in [2.05, 4.69) is 45.0 Å². The highest BCUT2D eigenvalue weighted by Crippen LogP contribution is 2.49. The van der Waals surface area contributed by atoms with Crippen LogP contribution in [0, 0.1) is 20.8 Å². The van der Waals surface area contributed by atoms with Crippen LogP contribution in [-0.2, 0) is 23.1 Å². The fourth-order valence-corrected chi connectivity index (χ4v) is 13.2. The maximum atomic E-state index is 13.1. The van der Waals surface area contributed by atoms with Crippen molar-refractivity contribution in [2.45, 2.75) is 83.5 Å². The minimum atomic E-state index is -3.06. The van der Waals surface area contributed by atoms with Gasteiger partial charge in [-0.3, -0.25) is 0 Å². The first-order valence-corrected chi connectivity index (χ1v) is 22.4. The Labute approximate surface area is 332 Å². The second-order valence-corrected chi connectivity index (χ2v) is 20.6. The third kappa shape index (κ3) is 12.2. The van der Waals surface area contributed by atoms with E-state index < -0.39 is 24.3 Å². The number of esters is 1. The second-order valence-electron chi connectivity index (χ2n) is 14.6. The van der Waals surface area contributed by atoms with E-state index in [9.17, 15) is 9.90 Å². The van der Waals surface area contributed by atoms with Gasteiger partial charge in [0.25, 0.3) is 0 Å². The molecule has 0 aromatic heterocycles. The molecule has 1 aliphatic rings. The minimum Gasteiger partial charge on any atom is -0.468 e. The molecule has 1 fully saturated rings. The highest BCUT2D eigenvalue weighted by molar-refractivity contribution is 8.18. The van der Waals surface area contributed by atoms with Gasteiger partial charge >= 0.3 is 14.5 Å². The van der Waals surface area contributed by atoms with Crippen LogP contribution in [0.15, 0.2) is 108 Å². The van der Waals surface area contributed by atoms with Crippen molar-refractivity contribution < 1.29 is 33.0 Å². The number of ether oxygens (including phenoxy) is 3. The van der Waals surface area contributed by atoms with Crippen LogP contribution in [0.2, 0.25) is 0 Å². The van der Waals surface area contributed by atoms with E-state index in [0.717, 1.165) is 50.6 Å². The number of thioether (sulfide) groups is 2. The van der Waals surface area contributed by atoms with Crippen molar-refractivity contribution in [3.8, 4) is 0 Å². The van der Waals surface area contributed by atoms with Gasteiger partial charge in [-0.15, -0.1) is 23.5 Å². The monoisotopic (exact) mass is 790 g/mol.